The van der Waals surface area contributed by atoms with Gasteiger partial charge < -0.3 is 15.2 Å². The van der Waals surface area contributed by atoms with Crippen molar-refractivity contribution in [2.24, 2.45) is 17.8 Å². The van der Waals surface area contributed by atoms with Crippen LogP contribution in [0.3, 0.4) is 0 Å². The number of hydrogen-bond acceptors (Lipinski definition) is 6. The van der Waals surface area contributed by atoms with Gasteiger partial charge in [-0.1, -0.05) is 0 Å². The Labute approximate surface area is 192 Å². The Bertz CT molecular complexity index is 1010. The molecule has 0 aromatic carbocycles. The summed E-state index contributed by atoms with van der Waals surface area (Å²) in [7, 11) is 1.81. The Balaban J connectivity index is 1.21. The van der Waals surface area contributed by atoms with E-state index in [0.717, 1.165) is 31.7 Å². The molecule has 2 aromatic heterocycles. The van der Waals surface area contributed by atoms with Crippen LogP contribution in [-0.2, 0) is 11.3 Å². The van der Waals surface area contributed by atoms with E-state index in [2.05, 4.69) is 25.4 Å². The zero-order valence-corrected chi connectivity index (χ0v) is 18.9. The molecule has 1 aliphatic heterocycles. The number of methoxy groups -OCH3 is 1. The molecule has 7 nitrogen and oxygen atoms in total. The molecule has 0 unspecified atom stereocenters. The van der Waals surface area contributed by atoms with Crippen LogP contribution in [0.5, 0.6) is 5.75 Å². The minimum atomic E-state index is -2.94. The summed E-state index contributed by atoms with van der Waals surface area (Å²) in [6, 6.07) is 4.33. The molecule has 178 valence electrons. The molecule has 4 fully saturated rings. The lowest BCUT2D eigenvalue weighted by Gasteiger charge is -2.26. The summed E-state index contributed by atoms with van der Waals surface area (Å²) in [5.74, 6) is 2.51. The molecule has 4 aliphatic rings. The zero-order chi connectivity index (χ0) is 22.7. The van der Waals surface area contributed by atoms with Crippen molar-refractivity contribution >= 4 is 5.82 Å². The van der Waals surface area contributed by atoms with Gasteiger partial charge in [0, 0.05) is 56.2 Å². The first-order chi connectivity index (χ1) is 16.0. The number of aromatic nitrogens is 3. The second-order valence-electron chi connectivity index (χ2n) is 10.2. The van der Waals surface area contributed by atoms with Crippen molar-refractivity contribution in [3.63, 3.8) is 0 Å². The SMILES string of the molecule is CO[C@H]1CCN([C@H]2C[C@@H]3[C@H](C2)[C@H]3c2cc(-c3cnc(N)c(OC(F)F)c3)nn2CC2CC2)C1. The number of fused-ring (bicyclic) bond motifs is 1. The third kappa shape index (κ3) is 4.10. The van der Waals surface area contributed by atoms with Crippen LogP contribution in [0.2, 0.25) is 0 Å². The average Bonchev–Trinajstić information content (AvgIpc) is 3.50. The molecule has 0 spiro atoms. The maximum absolute atomic E-state index is 12.7. The Morgan fingerprint density at radius 3 is 2.64 bits per heavy atom. The monoisotopic (exact) mass is 459 g/mol. The summed E-state index contributed by atoms with van der Waals surface area (Å²) in [6.45, 7) is 0.187. The molecule has 3 saturated carbocycles. The van der Waals surface area contributed by atoms with Gasteiger partial charge in [-0.05, 0) is 62.0 Å². The maximum Gasteiger partial charge on any atom is 0.387 e. The standard InChI is InChI=1S/C24H31F2N5O2/c1-32-16-4-5-30(12-16)15-7-17-18(8-15)22(17)20-9-19(29-31(20)11-13-2-3-13)14-6-21(33-24(25)26)23(27)28-10-14/h6,9-10,13,15-18,22,24H,2-5,7-8,11-12H2,1H3,(H2,27,28)/t15-,16-,17+,18-,22-/m0/s1. The molecule has 3 heterocycles. The second kappa shape index (κ2) is 8.20. The predicted molar refractivity (Wildman–Crippen MR) is 119 cm³/mol. The van der Waals surface area contributed by atoms with Gasteiger partial charge in [-0.2, -0.15) is 13.9 Å². The summed E-state index contributed by atoms with van der Waals surface area (Å²) in [6.07, 6.45) is 8.09. The van der Waals surface area contributed by atoms with Crippen LogP contribution >= 0.6 is 0 Å². The van der Waals surface area contributed by atoms with E-state index >= 15 is 0 Å². The number of anilines is 1. The molecule has 3 aliphatic carbocycles. The van der Waals surface area contributed by atoms with Crippen LogP contribution in [0.25, 0.3) is 11.3 Å². The Kier molecular flexibility index (Phi) is 5.29. The van der Waals surface area contributed by atoms with Gasteiger partial charge in [0.25, 0.3) is 0 Å². The lowest BCUT2D eigenvalue weighted by Crippen LogP contribution is -2.33. The molecule has 33 heavy (non-hydrogen) atoms. The van der Waals surface area contributed by atoms with Gasteiger partial charge >= 0.3 is 6.61 Å². The molecular formula is C24H31F2N5O2. The van der Waals surface area contributed by atoms with Gasteiger partial charge in [0.1, 0.15) is 0 Å². The highest BCUT2D eigenvalue weighted by atomic mass is 19.3. The molecule has 5 atom stereocenters. The zero-order valence-electron chi connectivity index (χ0n) is 18.9. The highest BCUT2D eigenvalue weighted by Crippen LogP contribution is 2.64. The normalized spacial score (nSPS) is 31.3. The van der Waals surface area contributed by atoms with Gasteiger partial charge in [0.05, 0.1) is 11.8 Å². The van der Waals surface area contributed by atoms with E-state index in [9.17, 15) is 8.78 Å². The fourth-order valence-electron chi connectivity index (χ4n) is 6.14. The predicted octanol–water partition coefficient (Wildman–Crippen LogP) is 3.75. The number of alkyl halides is 2. The second-order valence-corrected chi connectivity index (χ2v) is 10.2. The lowest BCUT2D eigenvalue weighted by atomic mass is 10.0. The minimum Gasteiger partial charge on any atom is -0.431 e. The average molecular weight is 460 g/mol. The summed E-state index contributed by atoms with van der Waals surface area (Å²) in [5.41, 5.74) is 8.41. The highest BCUT2D eigenvalue weighted by molar-refractivity contribution is 5.64. The van der Waals surface area contributed by atoms with Crippen molar-refractivity contribution in [2.75, 3.05) is 25.9 Å². The first-order valence-corrected chi connectivity index (χ1v) is 12.1. The van der Waals surface area contributed by atoms with Crippen LogP contribution < -0.4 is 10.5 Å². The number of hydrogen-bond donors (Lipinski definition) is 1. The van der Waals surface area contributed by atoms with Crippen LogP contribution in [-0.4, -0.2) is 58.6 Å². The molecule has 0 amide bonds. The van der Waals surface area contributed by atoms with Crippen molar-refractivity contribution in [1.82, 2.24) is 19.7 Å². The fourth-order valence-corrected chi connectivity index (χ4v) is 6.14. The first-order valence-electron chi connectivity index (χ1n) is 12.1. The van der Waals surface area contributed by atoms with Crippen molar-refractivity contribution in [1.29, 1.82) is 0 Å². The van der Waals surface area contributed by atoms with Gasteiger partial charge in [0.2, 0.25) is 0 Å². The topological polar surface area (TPSA) is 78.4 Å². The van der Waals surface area contributed by atoms with Crippen LogP contribution in [0.1, 0.15) is 43.7 Å². The molecule has 0 bridgehead atoms. The highest BCUT2D eigenvalue weighted by Gasteiger charge is 2.59. The van der Waals surface area contributed by atoms with E-state index in [4.69, 9.17) is 15.6 Å². The maximum atomic E-state index is 12.7. The third-order valence-electron chi connectivity index (χ3n) is 8.12. The number of halogens is 2. The molecule has 6 rings (SSSR count). The molecular weight excluding hydrogens is 428 g/mol. The van der Waals surface area contributed by atoms with Crippen molar-refractivity contribution < 1.29 is 18.3 Å². The van der Waals surface area contributed by atoms with E-state index in [1.165, 1.54) is 37.4 Å². The van der Waals surface area contributed by atoms with Gasteiger partial charge in [-0.25, -0.2) is 4.98 Å². The van der Waals surface area contributed by atoms with Gasteiger partial charge in [-0.15, -0.1) is 0 Å². The molecule has 2 N–H and O–H groups in total. The molecule has 0 radical (unpaired) electrons. The molecule has 1 saturated heterocycles. The summed E-state index contributed by atoms with van der Waals surface area (Å²) < 4.78 is 37.8. The quantitative estimate of drug-likeness (QED) is 0.648. The van der Waals surface area contributed by atoms with E-state index in [1.54, 1.807) is 6.20 Å². The number of nitrogens with two attached hydrogens (primary N) is 1. The van der Waals surface area contributed by atoms with Crippen LogP contribution in [0.4, 0.5) is 14.6 Å². The van der Waals surface area contributed by atoms with Crippen LogP contribution in [0, 0.1) is 17.8 Å². The van der Waals surface area contributed by atoms with Crippen molar-refractivity contribution in [2.45, 2.75) is 63.3 Å². The van der Waals surface area contributed by atoms with Crippen molar-refractivity contribution in [3.05, 3.63) is 24.0 Å². The van der Waals surface area contributed by atoms with E-state index < -0.39 is 6.61 Å². The van der Waals surface area contributed by atoms with Crippen LogP contribution in [0.15, 0.2) is 18.3 Å². The molecule has 2 aromatic rings. The van der Waals surface area contributed by atoms with E-state index in [1.807, 2.05) is 7.11 Å². The Morgan fingerprint density at radius 2 is 1.97 bits per heavy atom. The summed E-state index contributed by atoms with van der Waals surface area (Å²) in [5, 5.41) is 4.88. The number of rotatable bonds is 8. The number of nitrogen functional groups attached to an aromatic ring is 1. The minimum absolute atomic E-state index is 0.0444. The van der Waals surface area contributed by atoms with Gasteiger partial charge in [-0.3, -0.25) is 9.58 Å². The Morgan fingerprint density at radius 1 is 1.18 bits per heavy atom. The Hall–Kier alpha value is -2.26. The summed E-state index contributed by atoms with van der Waals surface area (Å²) in [4.78, 5) is 6.68. The number of nitrogens with zero attached hydrogens (tertiary/aromatic N) is 4. The summed E-state index contributed by atoms with van der Waals surface area (Å²) >= 11 is 0. The molecule has 9 heteroatoms. The largest absolute Gasteiger partial charge is 0.431 e. The number of pyridine rings is 1. The van der Waals surface area contributed by atoms with Gasteiger partial charge in [0.15, 0.2) is 11.6 Å². The van der Waals surface area contributed by atoms with E-state index in [-0.39, 0.29) is 11.6 Å². The first kappa shape index (κ1) is 21.3. The number of likely N-dealkylation sites (tertiary alicyclic amines) is 1. The van der Waals surface area contributed by atoms with E-state index in [0.29, 0.717) is 41.4 Å². The number of ether oxygens (including phenoxy) is 2. The van der Waals surface area contributed by atoms with Crippen molar-refractivity contribution in [3.8, 4) is 17.0 Å². The fraction of sp³-hybridized carbons (Fsp3) is 0.667. The lowest BCUT2D eigenvalue weighted by molar-refractivity contribution is -0.0494. The smallest absolute Gasteiger partial charge is 0.387 e. The third-order valence-corrected chi connectivity index (χ3v) is 8.12.